The number of aryl methyl sites for hydroxylation is 1. The monoisotopic (exact) mass is 463 g/mol. The van der Waals surface area contributed by atoms with Crippen molar-refractivity contribution >= 4 is 40.6 Å². The highest BCUT2D eigenvalue weighted by atomic mass is 32.2. The van der Waals surface area contributed by atoms with E-state index in [1.54, 1.807) is 43.4 Å². The number of carbonyl (C=O) groups excluding carboxylic acids is 2. The maximum atomic E-state index is 13.3. The van der Waals surface area contributed by atoms with Gasteiger partial charge in [-0.1, -0.05) is 0 Å². The molecule has 0 atom stereocenters. The van der Waals surface area contributed by atoms with Crippen LogP contribution in [0.15, 0.2) is 64.5 Å². The fourth-order valence-electron chi connectivity index (χ4n) is 3.61. The number of nitrogens with zero attached hydrogens (tertiary/aromatic N) is 3. The SMILES string of the molecule is COC(=O)c1ccc(N=C2S/C(=C/c3cc(C)n(-c4ccc(F)cc4)c3C)C(=O)N2C)cc1. The molecule has 0 saturated carbocycles. The second kappa shape index (κ2) is 9.07. The topological polar surface area (TPSA) is 63.9 Å². The first-order chi connectivity index (χ1) is 15.8. The van der Waals surface area contributed by atoms with Crippen molar-refractivity contribution in [1.82, 2.24) is 9.47 Å². The van der Waals surface area contributed by atoms with Crippen LogP contribution in [0.5, 0.6) is 0 Å². The maximum Gasteiger partial charge on any atom is 0.337 e. The van der Waals surface area contributed by atoms with Crippen molar-refractivity contribution in [3.05, 3.63) is 87.8 Å². The molecule has 6 nitrogen and oxygen atoms in total. The van der Waals surface area contributed by atoms with E-state index < -0.39 is 5.97 Å². The molecule has 2 heterocycles. The Bertz CT molecular complexity index is 1290. The van der Waals surface area contributed by atoms with Gasteiger partial charge in [-0.3, -0.25) is 9.69 Å². The van der Waals surface area contributed by atoms with E-state index in [1.807, 2.05) is 30.6 Å². The molecule has 1 amide bonds. The molecule has 4 rings (SSSR count). The van der Waals surface area contributed by atoms with Crippen molar-refractivity contribution in [2.45, 2.75) is 13.8 Å². The van der Waals surface area contributed by atoms with Crippen molar-refractivity contribution < 1.29 is 18.7 Å². The molecule has 1 aromatic heterocycles. The third kappa shape index (κ3) is 4.47. The Morgan fingerprint density at radius 3 is 2.39 bits per heavy atom. The van der Waals surface area contributed by atoms with E-state index in [1.165, 1.54) is 35.9 Å². The Kier molecular flexibility index (Phi) is 6.20. The summed E-state index contributed by atoms with van der Waals surface area (Å²) in [6.45, 7) is 3.94. The van der Waals surface area contributed by atoms with Gasteiger partial charge in [0.1, 0.15) is 5.82 Å². The molecule has 3 aromatic rings. The Balaban J connectivity index is 1.62. The molecule has 168 valence electrons. The molecule has 0 aliphatic carbocycles. The Hall–Kier alpha value is -3.65. The predicted molar refractivity (Wildman–Crippen MR) is 128 cm³/mol. The number of benzene rings is 2. The number of aromatic nitrogens is 1. The van der Waals surface area contributed by atoms with Crippen molar-refractivity contribution in [2.75, 3.05) is 14.2 Å². The molecule has 0 unspecified atom stereocenters. The Labute approximate surface area is 195 Å². The third-order valence-corrected chi connectivity index (χ3v) is 6.42. The number of hydrogen-bond acceptors (Lipinski definition) is 5. The second-order valence-electron chi connectivity index (χ2n) is 7.55. The van der Waals surface area contributed by atoms with E-state index >= 15 is 0 Å². The summed E-state index contributed by atoms with van der Waals surface area (Å²) in [5, 5.41) is 0.546. The number of esters is 1. The van der Waals surface area contributed by atoms with Crippen LogP contribution in [-0.4, -0.2) is 40.7 Å². The van der Waals surface area contributed by atoms with Gasteiger partial charge in [-0.25, -0.2) is 14.2 Å². The summed E-state index contributed by atoms with van der Waals surface area (Å²) < 4.78 is 20.1. The number of thioether (sulfide) groups is 1. The molecule has 1 aliphatic heterocycles. The van der Waals surface area contributed by atoms with Gasteiger partial charge >= 0.3 is 5.97 Å². The Morgan fingerprint density at radius 1 is 1.09 bits per heavy atom. The van der Waals surface area contributed by atoms with E-state index in [-0.39, 0.29) is 11.7 Å². The number of halogens is 1. The van der Waals surface area contributed by atoms with Gasteiger partial charge in [0.25, 0.3) is 5.91 Å². The Morgan fingerprint density at radius 2 is 1.76 bits per heavy atom. The van der Waals surface area contributed by atoms with E-state index in [0.717, 1.165) is 22.6 Å². The van der Waals surface area contributed by atoms with Gasteiger partial charge in [-0.15, -0.1) is 0 Å². The highest BCUT2D eigenvalue weighted by molar-refractivity contribution is 8.18. The summed E-state index contributed by atoms with van der Waals surface area (Å²) in [5.41, 5.74) is 4.75. The van der Waals surface area contributed by atoms with E-state index in [0.29, 0.717) is 21.3 Å². The van der Waals surface area contributed by atoms with Crippen LogP contribution in [-0.2, 0) is 9.53 Å². The van der Waals surface area contributed by atoms with Crippen LogP contribution in [0, 0.1) is 19.7 Å². The average molecular weight is 464 g/mol. The zero-order chi connectivity index (χ0) is 23.7. The lowest BCUT2D eigenvalue weighted by Gasteiger charge is -2.09. The van der Waals surface area contributed by atoms with Gasteiger partial charge in [-0.05, 0) is 91.8 Å². The maximum absolute atomic E-state index is 13.3. The van der Waals surface area contributed by atoms with Crippen LogP contribution < -0.4 is 0 Å². The standard InChI is InChI=1S/C25H22FN3O3S/c1-15-13-18(16(2)29(15)21-11-7-19(26)8-12-21)14-22-23(30)28(3)25(33-22)27-20-9-5-17(6-10-20)24(31)32-4/h5-14H,1-4H3/b22-14+,27-25?. The second-order valence-corrected chi connectivity index (χ2v) is 8.56. The number of amides is 1. The predicted octanol–water partition coefficient (Wildman–Crippen LogP) is 5.25. The van der Waals surface area contributed by atoms with Crippen LogP contribution >= 0.6 is 11.8 Å². The summed E-state index contributed by atoms with van der Waals surface area (Å²) in [5.74, 6) is -0.844. The van der Waals surface area contributed by atoms with Crippen LogP contribution in [0.4, 0.5) is 10.1 Å². The first kappa shape index (κ1) is 22.5. The number of ether oxygens (including phenoxy) is 1. The normalized spacial score (nSPS) is 16.2. The molecule has 0 spiro atoms. The minimum Gasteiger partial charge on any atom is -0.465 e. The summed E-state index contributed by atoms with van der Waals surface area (Å²) in [4.78, 5) is 31.1. The van der Waals surface area contributed by atoms with Gasteiger partial charge in [0.15, 0.2) is 5.17 Å². The minimum absolute atomic E-state index is 0.142. The first-order valence-corrected chi connectivity index (χ1v) is 11.0. The molecule has 1 fully saturated rings. The van der Waals surface area contributed by atoms with Crippen molar-refractivity contribution in [3.8, 4) is 5.69 Å². The van der Waals surface area contributed by atoms with E-state index in [4.69, 9.17) is 4.74 Å². The van der Waals surface area contributed by atoms with Crippen LogP contribution in [0.3, 0.4) is 0 Å². The number of carbonyl (C=O) groups is 2. The van der Waals surface area contributed by atoms with Gasteiger partial charge in [0, 0.05) is 24.1 Å². The third-order valence-electron chi connectivity index (χ3n) is 5.36. The number of hydrogen-bond donors (Lipinski definition) is 0. The smallest absolute Gasteiger partial charge is 0.337 e. The summed E-state index contributed by atoms with van der Waals surface area (Å²) in [7, 11) is 3.01. The van der Waals surface area contributed by atoms with Gasteiger partial charge < -0.3 is 9.30 Å². The van der Waals surface area contributed by atoms with Crippen LogP contribution in [0.25, 0.3) is 11.8 Å². The van der Waals surface area contributed by atoms with Gasteiger partial charge in [0.2, 0.25) is 0 Å². The van der Waals surface area contributed by atoms with Crippen molar-refractivity contribution in [1.29, 1.82) is 0 Å². The summed E-state index contributed by atoms with van der Waals surface area (Å²) in [6, 6.07) is 15.0. The lowest BCUT2D eigenvalue weighted by atomic mass is 10.2. The highest BCUT2D eigenvalue weighted by Gasteiger charge is 2.30. The quantitative estimate of drug-likeness (QED) is 0.391. The van der Waals surface area contributed by atoms with E-state index in [9.17, 15) is 14.0 Å². The first-order valence-electron chi connectivity index (χ1n) is 10.2. The number of amidine groups is 1. The van der Waals surface area contributed by atoms with Crippen molar-refractivity contribution in [3.63, 3.8) is 0 Å². The molecular weight excluding hydrogens is 441 g/mol. The van der Waals surface area contributed by atoms with Crippen LogP contribution in [0.2, 0.25) is 0 Å². The molecular formula is C25H22FN3O3S. The van der Waals surface area contributed by atoms with Crippen LogP contribution in [0.1, 0.15) is 27.3 Å². The van der Waals surface area contributed by atoms with Crippen molar-refractivity contribution in [2.24, 2.45) is 4.99 Å². The molecule has 0 N–H and O–H groups in total. The number of likely N-dealkylation sites (N-methyl/N-ethyl adjacent to an activating group) is 1. The van der Waals surface area contributed by atoms with Gasteiger partial charge in [0.05, 0.1) is 23.3 Å². The lowest BCUT2D eigenvalue weighted by Crippen LogP contribution is -2.23. The summed E-state index contributed by atoms with van der Waals surface area (Å²) >= 11 is 1.29. The van der Waals surface area contributed by atoms with E-state index in [2.05, 4.69) is 4.99 Å². The number of rotatable bonds is 4. The zero-order valence-electron chi connectivity index (χ0n) is 18.6. The largest absolute Gasteiger partial charge is 0.465 e. The highest BCUT2D eigenvalue weighted by Crippen LogP contribution is 2.34. The fraction of sp³-hybridized carbons (Fsp3) is 0.160. The molecule has 1 aliphatic rings. The lowest BCUT2D eigenvalue weighted by molar-refractivity contribution is -0.121. The molecule has 1 saturated heterocycles. The zero-order valence-corrected chi connectivity index (χ0v) is 19.4. The minimum atomic E-state index is -0.416. The molecule has 2 aromatic carbocycles. The average Bonchev–Trinajstić information content (AvgIpc) is 3.24. The molecule has 8 heteroatoms. The van der Waals surface area contributed by atoms with Gasteiger partial charge in [-0.2, -0.15) is 0 Å². The summed E-state index contributed by atoms with van der Waals surface area (Å²) in [6.07, 6.45) is 1.86. The molecule has 0 radical (unpaired) electrons. The fourth-order valence-corrected chi connectivity index (χ4v) is 4.59. The number of methoxy groups -OCH3 is 1. The molecule has 33 heavy (non-hydrogen) atoms. The molecule has 0 bridgehead atoms. The number of aliphatic imine (C=N–C) groups is 1.